The Bertz CT molecular complexity index is 1850. The largest absolute Gasteiger partial charge is 0.196 e. The Kier molecular flexibility index (Phi) is 6.51. The molecule has 0 saturated carbocycles. The first-order valence-electron chi connectivity index (χ1n) is 15.0. The molecule has 2 aromatic rings. The van der Waals surface area contributed by atoms with Gasteiger partial charge in [-0.2, -0.15) is 21.0 Å². The van der Waals surface area contributed by atoms with Gasteiger partial charge in [-0.25, -0.2) is 0 Å². The van der Waals surface area contributed by atoms with E-state index in [4.69, 9.17) is 0 Å². The summed E-state index contributed by atoms with van der Waals surface area (Å²) in [5.74, 6) is -0.345. The Morgan fingerprint density at radius 2 is 0.909 bits per heavy atom. The average molecular weight is 565 g/mol. The van der Waals surface area contributed by atoms with Crippen molar-refractivity contribution >= 4 is 11.1 Å². The number of allylic oxidation sites excluding steroid dienone is 16. The monoisotopic (exact) mass is 564 g/mol. The third-order valence-corrected chi connectivity index (χ3v) is 9.86. The van der Waals surface area contributed by atoms with Crippen LogP contribution in [0.1, 0.15) is 35.1 Å². The molecule has 2 aromatic carbocycles. The molecule has 0 saturated heterocycles. The van der Waals surface area contributed by atoms with Crippen LogP contribution in [0.15, 0.2) is 132 Å². The van der Waals surface area contributed by atoms with Gasteiger partial charge in [-0.15, -0.1) is 0 Å². The van der Waals surface area contributed by atoms with Crippen LogP contribution in [0.2, 0.25) is 0 Å². The molecule has 0 aliphatic heterocycles. The van der Waals surface area contributed by atoms with Gasteiger partial charge >= 0.3 is 0 Å². The standard InChI is InChI=1S/2C20H14N2/c2*21-12-20(13-22)18-9-3-1-2-8-16(18)17-11-10-14-6-4-5-7-15(14)19(17)20/h2*1-9,18H,10-11H2/t2*18-/m10/s1. The van der Waals surface area contributed by atoms with Crippen molar-refractivity contribution in [1.82, 2.24) is 0 Å². The molecule has 44 heavy (non-hydrogen) atoms. The van der Waals surface area contributed by atoms with Crippen molar-refractivity contribution in [3.05, 3.63) is 154 Å². The van der Waals surface area contributed by atoms with Crippen LogP contribution in [0.25, 0.3) is 11.1 Å². The molecule has 6 aliphatic carbocycles. The molecule has 6 aliphatic rings. The predicted molar refractivity (Wildman–Crippen MR) is 170 cm³/mol. The van der Waals surface area contributed by atoms with Gasteiger partial charge in [0.15, 0.2) is 10.8 Å². The molecule has 0 fully saturated rings. The van der Waals surface area contributed by atoms with Crippen LogP contribution in [-0.2, 0) is 12.8 Å². The summed E-state index contributed by atoms with van der Waals surface area (Å²) in [5, 5.41) is 39.7. The Morgan fingerprint density at radius 1 is 0.500 bits per heavy atom. The molecule has 0 N–H and O–H groups in total. The van der Waals surface area contributed by atoms with E-state index in [1.165, 1.54) is 22.3 Å². The van der Waals surface area contributed by atoms with Crippen molar-refractivity contribution in [1.29, 1.82) is 21.0 Å². The highest BCUT2D eigenvalue weighted by Gasteiger charge is 2.54. The molecule has 2 atom stereocenters. The first-order chi connectivity index (χ1) is 21.6. The first kappa shape index (κ1) is 27.2. The Balaban J connectivity index is 0.000000142. The van der Waals surface area contributed by atoms with Crippen molar-refractivity contribution < 1.29 is 0 Å². The predicted octanol–water partition coefficient (Wildman–Crippen LogP) is 8.20. The average Bonchev–Trinajstić information content (AvgIpc) is 3.25. The van der Waals surface area contributed by atoms with E-state index < -0.39 is 10.8 Å². The Hall–Kier alpha value is -5.68. The minimum Gasteiger partial charge on any atom is -0.196 e. The Morgan fingerprint density at radius 3 is 1.32 bits per heavy atom. The van der Waals surface area contributed by atoms with Gasteiger partial charge in [0.1, 0.15) is 0 Å². The van der Waals surface area contributed by atoms with Crippen molar-refractivity contribution in [3.8, 4) is 24.3 Å². The van der Waals surface area contributed by atoms with Crippen molar-refractivity contribution in [2.45, 2.75) is 25.7 Å². The topological polar surface area (TPSA) is 95.2 Å². The summed E-state index contributed by atoms with van der Waals surface area (Å²) in [5.41, 5.74) is 8.98. The maximum Gasteiger partial charge on any atom is 0.179 e. The number of fused-ring (bicyclic) bond motifs is 8. The summed E-state index contributed by atoms with van der Waals surface area (Å²) >= 11 is 0. The van der Waals surface area contributed by atoms with E-state index >= 15 is 0 Å². The lowest BCUT2D eigenvalue weighted by Crippen LogP contribution is -2.24. The van der Waals surface area contributed by atoms with E-state index in [1.807, 2.05) is 72.9 Å². The van der Waals surface area contributed by atoms with Crippen LogP contribution < -0.4 is 0 Å². The van der Waals surface area contributed by atoms with Gasteiger partial charge in [0.05, 0.1) is 24.3 Å². The second-order valence-corrected chi connectivity index (χ2v) is 11.8. The van der Waals surface area contributed by atoms with E-state index in [9.17, 15) is 21.0 Å². The minimum absolute atomic E-state index is 0.173. The van der Waals surface area contributed by atoms with Crippen molar-refractivity contribution in [2.75, 3.05) is 0 Å². The van der Waals surface area contributed by atoms with Crippen LogP contribution in [0.4, 0.5) is 0 Å². The fraction of sp³-hybridized carbons (Fsp3) is 0.200. The molecular formula is C40H28N4. The number of hydrogen-bond donors (Lipinski definition) is 0. The van der Waals surface area contributed by atoms with Gasteiger partial charge in [-0.3, -0.25) is 0 Å². The van der Waals surface area contributed by atoms with E-state index in [0.29, 0.717) is 0 Å². The van der Waals surface area contributed by atoms with Crippen LogP contribution >= 0.6 is 0 Å². The number of benzene rings is 2. The molecule has 0 bridgehead atoms. The highest BCUT2D eigenvalue weighted by molar-refractivity contribution is 5.90. The molecule has 4 nitrogen and oxygen atoms in total. The molecule has 0 amide bonds. The van der Waals surface area contributed by atoms with Gasteiger partial charge in [0.25, 0.3) is 0 Å². The van der Waals surface area contributed by atoms with Crippen molar-refractivity contribution in [2.24, 2.45) is 22.7 Å². The number of rotatable bonds is 0. The Labute approximate surface area is 258 Å². The maximum absolute atomic E-state index is 9.92. The molecule has 0 aromatic heterocycles. The second-order valence-electron chi connectivity index (χ2n) is 11.8. The summed E-state index contributed by atoms with van der Waals surface area (Å²) in [6.07, 6.45) is 23.7. The molecule has 8 rings (SSSR count). The highest BCUT2D eigenvalue weighted by atomic mass is 14.6. The number of nitrogens with zero attached hydrogens (tertiary/aromatic N) is 4. The molecule has 0 radical (unpaired) electrons. The number of aryl methyl sites for hydroxylation is 2. The zero-order valence-electron chi connectivity index (χ0n) is 24.2. The number of nitriles is 4. The second kappa shape index (κ2) is 10.5. The fourth-order valence-electron chi connectivity index (χ4n) is 7.94. The van der Waals surface area contributed by atoms with E-state index in [-0.39, 0.29) is 11.8 Å². The van der Waals surface area contributed by atoms with Crippen LogP contribution in [-0.4, -0.2) is 0 Å². The van der Waals surface area contributed by atoms with Gasteiger partial charge in [0, 0.05) is 11.8 Å². The molecule has 208 valence electrons. The smallest absolute Gasteiger partial charge is 0.179 e. The summed E-state index contributed by atoms with van der Waals surface area (Å²) in [6, 6.07) is 25.8. The first-order valence-corrected chi connectivity index (χ1v) is 15.0. The lowest BCUT2D eigenvalue weighted by Gasteiger charge is -2.25. The number of hydrogen-bond acceptors (Lipinski definition) is 4. The zero-order valence-corrected chi connectivity index (χ0v) is 24.2. The summed E-state index contributed by atoms with van der Waals surface area (Å²) < 4.78 is 0. The summed E-state index contributed by atoms with van der Waals surface area (Å²) in [7, 11) is 0. The van der Waals surface area contributed by atoms with Crippen LogP contribution in [0.5, 0.6) is 0 Å². The van der Waals surface area contributed by atoms with Gasteiger partial charge in [-0.1, -0.05) is 109 Å². The zero-order chi connectivity index (χ0) is 30.3. The van der Waals surface area contributed by atoms with Gasteiger partial charge in [-0.05, 0) is 81.4 Å². The molecule has 0 heterocycles. The summed E-state index contributed by atoms with van der Waals surface area (Å²) in [4.78, 5) is 0. The van der Waals surface area contributed by atoms with Crippen molar-refractivity contribution in [3.63, 3.8) is 0 Å². The molecule has 0 unspecified atom stereocenters. The highest BCUT2D eigenvalue weighted by Crippen LogP contribution is 2.59. The third kappa shape index (κ3) is 3.72. The normalized spacial score (nSPS) is 23.5. The lowest BCUT2D eigenvalue weighted by molar-refractivity contribution is 0.578. The van der Waals surface area contributed by atoms with Crippen LogP contribution in [0.3, 0.4) is 0 Å². The molecule has 0 spiro atoms. The minimum atomic E-state index is -1.11. The fourth-order valence-corrected chi connectivity index (χ4v) is 7.94. The SMILES string of the molecule is N#CC1(C#N)C2=C(CCc3ccccc32)C2=CC=CC=C[C@@H]21.N#CC1(C#N)C2=C(CCc3ccccc32)C2=CC=CC=C[C@H]21. The van der Waals surface area contributed by atoms with E-state index in [2.05, 4.69) is 60.7 Å². The van der Waals surface area contributed by atoms with Gasteiger partial charge < -0.3 is 0 Å². The lowest BCUT2D eigenvalue weighted by atomic mass is 9.71. The van der Waals surface area contributed by atoms with E-state index in [0.717, 1.165) is 59.1 Å². The molecule has 4 heteroatoms. The quantitative estimate of drug-likeness (QED) is 0.322. The van der Waals surface area contributed by atoms with E-state index in [1.54, 1.807) is 0 Å². The third-order valence-electron chi connectivity index (χ3n) is 9.86. The summed E-state index contributed by atoms with van der Waals surface area (Å²) in [6.45, 7) is 0. The maximum atomic E-state index is 9.92. The van der Waals surface area contributed by atoms with Gasteiger partial charge in [0.2, 0.25) is 0 Å². The molecular weight excluding hydrogens is 536 g/mol. The van der Waals surface area contributed by atoms with Crippen LogP contribution in [0, 0.1) is 68.0 Å².